The van der Waals surface area contributed by atoms with Crippen LogP contribution in [0.5, 0.6) is 0 Å². The van der Waals surface area contributed by atoms with Crippen LogP contribution in [0.25, 0.3) is 0 Å². The van der Waals surface area contributed by atoms with Gasteiger partial charge in [-0.1, -0.05) is 24.3 Å². The summed E-state index contributed by atoms with van der Waals surface area (Å²) in [5.74, 6) is -0.189. The summed E-state index contributed by atoms with van der Waals surface area (Å²) in [6, 6.07) is 7.42. The second-order valence-electron chi connectivity index (χ2n) is 4.61. The fourth-order valence-corrected chi connectivity index (χ4v) is 2.43. The van der Waals surface area contributed by atoms with Gasteiger partial charge in [0, 0.05) is 6.42 Å². The van der Waals surface area contributed by atoms with Crippen molar-refractivity contribution in [3.63, 3.8) is 0 Å². The first-order chi connectivity index (χ1) is 9.24. The van der Waals surface area contributed by atoms with Crippen LogP contribution in [-0.2, 0) is 17.8 Å². The average molecular weight is 258 g/mol. The molecule has 0 saturated carbocycles. The summed E-state index contributed by atoms with van der Waals surface area (Å²) in [6.07, 6.45) is 2.87. The fourth-order valence-electron chi connectivity index (χ4n) is 2.43. The van der Waals surface area contributed by atoms with Crippen LogP contribution >= 0.6 is 0 Å². The lowest BCUT2D eigenvalue weighted by Crippen LogP contribution is -2.36. The third-order valence-corrected chi connectivity index (χ3v) is 3.29. The normalized spacial score (nSPS) is 21.1. The Bertz CT molecular complexity index is 582. The largest absolute Gasteiger partial charge is 0.390 e. The number of hydrogen-bond donors (Lipinski definition) is 2. The number of aromatic nitrogens is 3. The van der Waals surface area contributed by atoms with Gasteiger partial charge in [0.2, 0.25) is 5.91 Å². The van der Waals surface area contributed by atoms with Crippen LogP contribution < -0.4 is 5.32 Å². The number of carbonyl (C=O) groups is 1. The molecule has 2 aromatic rings. The van der Waals surface area contributed by atoms with E-state index < -0.39 is 6.10 Å². The molecule has 1 aromatic heterocycles. The number of aliphatic hydroxyl groups is 1. The van der Waals surface area contributed by atoms with E-state index in [4.69, 9.17) is 0 Å². The third kappa shape index (κ3) is 2.34. The van der Waals surface area contributed by atoms with Gasteiger partial charge >= 0.3 is 0 Å². The van der Waals surface area contributed by atoms with Crippen LogP contribution in [0.2, 0.25) is 0 Å². The number of rotatable bonds is 3. The Kier molecular flexibility index (Phi) is 3.00. The van der Waals surface area contributed by atoms with Crippen molar-refractivity contribution in [1.82, 2.24) is 20.1 Å². The summed E-state index contributed by atoms with van der Waals surface area (Å²) < 4.78 is 1.45. The first-order valence-corrected chi connectivity index (χ1v) is 6.11. The van der Waals surface area contributed by atoms with E-state index in [-0.39, 0.29) is 18.5 Å². The van der Waals surface area contributed by atoms with Gasteiger partial charge in [0.15, 0.2) is 0 Å². The van der Waals surface area contributed by atoms with Gasteiger partial charge in [0.05, 0.1) is 12.1 Å². The molecular formula is C13H14N4O2. The van der Waals surface area contributed by atoms with E-state index in [1.54, 1.807) is 0 Å². The minimum Gasteiger partial charge on any atom is -0.390 e. The maximum atomic E-state index is 11.9. The van der Waals surface area contributed by atoms with E-state index in [0.717, 1.165) is 11.1 Å². The predicted octanol–water partition coefficient (Wildman–Crippen LogP) is 0.0526. The Labute approximate surface area is 110 Å². The Morgan fingerprint density at radius 3 is 3.11 bits per heavy atom. The Balaban J connectivity index is 1.71. The van der Waals surface area contributed by atoms with Crippen LogP contribution in [0.3, 0.4) is 0 Å². The summed E-state index contributed by atoms with van der Waals surface area (Å²) >= 11 is 0. The second-order valence-corrected chi connectivity index (χ2v) is 4.61. The molecule has 1 heterocycles. The zero-order valence-corrected chi connectivity index (χ0v) is 10.2. The van der Waals surface area contributed by atoms with E-state index in [0.29, 0.717) is 6.42 Å². The molecule has 6 nitrogen and oxygen atoms in total. The summed E-state index contributed by atoms with van der Waals surface area (Å²) in [5.41, 5.74) is 2.07. The molecule has 98 valence electrons. The molecular weight excluding hydrogens is 244 g/mol. The summed E-state index contributed by atoms with van der Waals surface area (Å²) in [5, 5.41) is 16.8. The number of aliphatic hydroxyl groups excluding tert-OH is 1. The average Bonchev–Trinajstić information content (AvgIpc) is 2.99. The first-order valence-electron chi connectivity index (χ1n) is 6.11. The molecule has 1 aromatic carbocycles. The van der Waals surface area contributed by atoms with Crippen LogP contribution in [0.1, 0.15) is 17.2 Å². The van der Waals surface area contributed by atoms with E-state index >= 15 is 0 Å². The van der Waals surface area contributed by atoms with Crippen molar-refractivity contribution in [1.29, 1.82) is 0 Å². The highest BCUT2D eigenvalue weighted by Crippen LogP contribution is 2.31. The maximum Gasteiger partial charge on any atom is 0.242 e. The number of nitrogens with one attached hydrogen (secondary N) is 1. The molecule has 0 fully saturated rings. The van der Waals surface area contributed by atoms with Gasteiger partial charge in [-0.05, 0) is 11.1 Å². The summed E-state index contributed by atoms with van der Waals surface area (Å²) in [7, 11) is 0. The minimum atomic E-state index is -0.572. The monoisotopic (exact) mass is 258 g/mol. The predicted molar refractivity (Wildman–Crippen MR) is 67.1 cm³/mol. The zero-order valence-electron chi connectivity index (χ0n) is 10.2. The molecule has 1 aliphatic rings. The van der Waals surface area contributed by atoms with Crippen molar-refractivity contribution in [3.8, 4) is 0 Å². The third-order valence-electron chi connectivity index (χ3n) is 3.29. The SMILES string of the molecule is O=C(Cn1cncn1)N[C@H]1c2ccccc2C[C@H]1O. The quantitative estimate of drug-likeness (QED) is 0.815. The van der Waals surface area contributed by atoms with Crippen molar-refractivity contribution in [2.24, 2.45) is 0 Å². The van der Waals surface area contributed by atoms with Crippen LogP contribution in [-0.4, -0.2) is 31.9 Å². The molecule has 0 unspecified atom stereocenters. The van der Waals surface area contributed by atoms with E-state index in [2.05, 4.69) is 15.4 Å². The molecule has 1 amide bonds. The standard InChI is InChI=1S/C13H14N4O2/c18-11-5-9-3-1-2-4-10(9)13(11)16-12(19)6-17-8-14-7-15-17/h1-4,7-8,11,13,18H,5-6H2,(H,16,19)/t11-,13+/m1/s1. The summed E-state index contributed by atoms with van der Waals surface area (Å²) in [4.78, 5) is 15.7. The highest BCUT2D eigenvalue weighted by Gasteiger charge is 2.31. The molecule has 0 radical (unpaired) electrons. The number of benzene rings is 1. The molecule has 0 saturated heterocycles. The van der Waals surface area contributed by atoms with Gasteiger partial charge < -0.3 is 10.4 Å². The Hall–Kier alpha value is -2.21. The fraction of sp³-hybridized carbons (Fsp3) is 0.308. The van der Waals surface area contributed by atoms with E-state index in [1.165, 1.54) is 17.3 Å². The number of hydrogen-bond acceptors (Lipinski definition) is 4. The number of nitrogens with zero attached hydrogens (tertiary/aromatic N) is 3. The molecule has 0 aliphatic heterocycles. The molecule has 6 heteroatoms. The van der Waals surface area contributed by atoms with E-state index in [9.17, 15) is 9.90 Å². The van der Waals surface area contributed by atoms with Gasteiger partial charge in [-0.15, -0.1) is 0 Å². The van der Waals surface area contributed by atoms with Gasteiger partial charge in [-0.2, -0.15) is 5.10 Å². The molecule has 3 rings (SSSR count). The highest BCUT2D eigenvalue weighted by atomic mass is 16.3. The molecule has 1 aliphatic carbocycles. The molecule has 2 N–H and O–H groups in total. The number of carbonyl (C=O) groups excluding carboxylic acids is 1. The van der Waals surface area contributed by atoms with Gasteiger partial charge in [-0.25, -0.2) is 9.67 Å². The van der Waals surface area contributed by atoms with Gasteiger partial charge in [-0.3, -0.25) is 4.79 Å². The topological polar surface area (TPSA) is 80.0 Å². The summed E-state index contributed by atoms with van der Waals surface area (Å²) in [6.45, 7) is 0.103. The van der Waals surface area contributed by atoms with Crippen molar-refractivity contribution < 1.29 is 9.90 Å². The lowest BCUT2D eigenvalue weighted by Gasteiger charge is -2.17. The zero-order chi connectivity index (χ0) is 13.2. The maximum absolute atomic E-state index is 11.9. The molecule has 0 bridgehead atoms. The smallest absolute Gasteiger partial charge is 0.242 e. The van der Waals surface area contributed by atoms with Crippen LogP contribution in [0.15, 0.2) is 36.9 Å². The number of amides is 1. The van der Waals surface area contributed by atoms with E-state index in [1.807, 2.05) is 24.3 Å². The van der Waals surface area contributed by atoms with Crippen LogP contribution in [0.4, 0.5) is 0 Å². The highest BCUT2D eigenvalue weighted by molar-refractivity contribution is 5.76. The Morgan fingerprint density at radius 2 is 2.32 bits per heavy atom. The Morgan fingerprint density at radius 1 is 1.47 bits per heavy atom. The van der Waals surface area contributed by atoms with Gasteiger partial charge in [0.25, 0.3) is 0 Å². The van der Waals surface area contributed by atoms with Crippen LogP contribution in [0, 0.1) is 0 Å². The van der Waals surface area contributed by atoms with Crippen molar-refractivity contribution in [2.75, 3.05) is 0 Å². The van der Waals surface area contributed by atoms with Crippen molar-refractivity contribution in [2.45, 2.75) is 25.1 Å². The van der Waals surface area contributed by atoms with Gasteiger partial charge in [0.1, 0.15) is 19.2 Å². The van der Waals surface area contributed by atoms with Crippen molar-refractivity contribution >= 4 is 5.91 Å². The second kappa shape index (κ2) is 4.81. The minimum absolute atomic E-state index is 0.103. The number of fused-ring (bicyclic) bond motifs is 1. The van der Waals surface area contributed by atoms with Crippen molar-refractivity contribution in [3.05, 3.63) is 48.0 Å². The molecule has 2 atom stereocenters. The molecule has 0 spiro atoms. The lowest BCUT2D eigenvalue weighted by molar-refractivity contribution is -0.123. The lowest BCUT2D eigenvalue weighted by atomic mass is 10.1. The molecule has 19 heavy (non-hydrogen) atoms. The first kappa shape index (κ1) is 11.9.